The van der Waals surface area contributed by atoms with Gasteiger partial charge in [-0.15, -0.1) is 0 Å². The molecule has 2 unspecified atom stereocenters. The van der Waals surface area contributed by atoms with Crippen LogP contribution in [-0.4, -0.2) is 54.3 Å². The predicted octanol–water partition coefficient (Wildman–Crippen LogP) is 1.70. The molecule has 10 nitrogen and oxygen atoms in total. The van der Waals surface area contributed by atoms with Crippen LogP contribution >= 0.6 is 0 Å². The highest BCUT2D eigenvalue weighted by Crippen LogP contribution is 2.39. The number of likely N-dealkylation sites (tertiary alicyclic amines) is 1. The number of hydrogen-bond donors (Lipinski definition) is 2. The standard InChI is InChI=1S/C22H27N3O7/c1-12(25-20(28)15-6-4-5-7-16(15)21(25)29)22(30)32-11-19(27)24-17-10-14(23-13(2)26)8-9-18(17)31-3/h8-10,12,15-16H,4-7,11H2,1-3H3,(H,23,26)(H,24,27)/t12-,15?,16?/m0/s1. The fourth-order valence-electron chi connectivity index (χ4n) is 4.21. The van der Waals surface area contributed by atoms with Crippen molar-refractivity contribution in [3.05, 3.63) is 18.2 Å². The van der Waals surface area contributed by atoms with Crippen molar-refractivity contribution < 1.29 is 33.4 Å². The minimum atomic E-state index is -1.11. The zero-order chi connectivity index (χ0) is 23.4. The summed E-state index contributed by atoms with van der Waals surface area (Å²) in [5.41, 5.74) is 0.730. The van der Waals surface area contributed by atoms with Crippen molar-refractivity contribution >= 4 is 41.0 Å². The molecule has 1 saturated carbocycles. The van der Waals surface area contributed by atoms with Crippen LogP contribution in [0.15, 0.2) is 18.2 Å². The number of methoxy groups -OCH3 is 1. The smallest absolute Gasteiger partial charge is 0.329 e. The van der Waals surface area contributed by atoms with Gasteiger partial charge in [-0.2, -0.15) is 0 Å². The lowest BCUT2D eigenvalue weighted by atomic mass is 9.81. The molecule has 172 valence electrons. The van der Waals surface area contributed by atoms with Crippen molar-refractivity contribution in [2.24, 2.45) is 11.8 Å². The van der Waals surface area contributed by atoms with Crippen LogP contribution in [0.25, 0.3) is 0 Å². The maximum absolute atomic E-state index is 12.6. The molecule has 2 N–H and O–H groups in total. The molecule has 1 saturated heterocycles. The van der Waals surface area contributed by atoms with E-state index in [4.69, 9.17) is 9.47 Å². The molecule has 3 rings (SSSR count). The lowest BCUT2D eigenvalue weighted by Crippen LogP contribution is -2.45. The number of nitrogens with one attached hydrogen (secondary N) is 2. The predicted molar refractivity (Wildman–Crippen MR) is 114 cm³/mol. The first-order valence-electron chi connectivity index (χ1n) is 10.5. The number of carbonyl (C=O) groups is 5. The van der Waals surface area contributed by atoms with Crippen molar-refractivity contribution in [3.63, 3.8) is 0 Å². The molecule has 1 aliphatic heterocycles. The van der Waals surface area contributed by atoms with Gasteiger partial charge in [0.25, 0.3) is 5.91 Å². The second-order valence-corrected chi connectivity index (χ2v) is 7.97. The Morgan fingerprint density at radius 1 is 1.09 bits per heavy atom. The molecule has 4 amide bonds. The fourth-order valence-corrected chi connectivity index (χ4v) is 4.21. The molecular formula is C22H27N3O7. The average Bonchev–Trinajstić information content (AvgIpc) is 3.01. The maximum atomic E-state index is 12.6. The Bertz CT molecular complexity index is 921. The Balaban J connectivity index is 1.59. The highest BCUT2D eigenvalue weighted by Gasteiger charge is 2.51. The number of amides is 4. The van der Waals surface area contributed by atoms with E-state index < -0.39 is 24.5 Å². The number of imide groups is 1. The zero-order valence-corrected chi connectivity index (χ0v) is 18.3. The SMILES string of the molecule is COc1ccc(NC(C)=O)cc1NC(=O)COC(=O)[C@H](C)N1C(=O)C2CCCCC2C1=O. The van der Waals surface area contributed by atoms with Crippen LogP contribution in [0.2, 0.25) is 0 Å². The molecule has 2 aliphatic rings. The van der Waals surface area contributed by atoms with Gasteiger partial charge >= 0.3 is 5.97 Å². The third kappa shape index (κ3) is 4.90. The van der Waals surface area contributed by atoms with Crippen molar-refractivity contribution in [1.29, 1.82) is 0 Å². The lowest BCUT2D eigenvalue weighted by Gasteiger charge is -2.21. The molecular weight excluding hydrogens is 418 g/mol. The highest BCUT2D eigenvalue weighted by atomic mass is 16.5. The number of benzene rings is 1. The van der Waals surface area contributed by atoms with Gasteiger partial charge < -0.3 is 20.1 Å². The van der Waals surface area contributed by atoms with Crippen LogP contribution in [0.1, 0.15) is 39.5 Å². The van der Waals surface area contributed by atoms with E-state index in [9.17, 15) is 24.0 Å². The van der Waals surface area contributed by atoms with Crippen molar-refractivity contribution in [2.75, 3.05) is 24.4 Å². The summed E-state index contributed by atoms with van der Waals surface area (Å²) in [6.45, 7) is 2.17. The molecule has 1 aromatic carbocycles. The second-order valence-electron chi connectivity index (χ2n) is 7.97. The lowest BCUT2D eigenvalue weighted by molar-refractivity contribution is -0.159. The molecule has 0 spiro atoms. The van der Waals surface area contributed by atoms with Gasteiger partial charge in [0.05, 0.1) is 24.6 Å². The molecule has 1 aromatic rings. The van der Waals surface area contributed by atoms with E-state index in [1.165, 1.54) is 27.0 Å². The number of esters is 1. The fraction of sp³-hybridized carbons (Fsp3) is 0.500. The van der Waals surface area contributed by atoms with Crippen molar-refractivity contribution in [1.82, 2.24) is 4.90 Å². The van der Waals surface area contributed by atoms with E-state index in [1.807, 2.05) is 0 Å². The highest BCUT2D eigenvalue weighted by molar-refractivity contribution is 6.08. The zero-order valence-electron chi connectivity index (χ0n) is 18.3. The number of nitrogens with zero attached hydrogens (tertiary/aromatic N) is 1. The summed E-state index contributed by atoms with van der Waals surface area (Å²) >= 11 is 0. The van der Waals surface area contributed by atoms with Gasteiger partial charge in [-0.1, -0.05) is 12.8 Å². The van der Waals surface area contributed by atoms with Crippen LogP contribution < -0.4 is 15.4 Å². The number of rotatable bonds is 7. The van der Waals surface area contributed by atoms with Gasteiger partial charge in [0.2, 0.25) is 17.7 Å². The van der Waals surface area contributed by atoms with Gasteiger partial charge in [0.1, 0.15) is 11.8 Å². The van der Waals surface area contributed by atoms with E-state index in [0.29, 0.717) is 24.3 Å². The number of carbonyl (C=O) groups excluding carboxylic acids is 5. The van der Waals surface area contributed by atoms with Crippen LogP contribution in [-0.2, 0) is 28.7 Å². The first-order valence-corrected chi connectivity index (χ1v) is 10.5. The Kier molecular flexibility index (Phi) is 7.12. The van der Waals surface area contributed by atoms with Crippen molar-refractivity contribution in [3.8, 4) is 5.75 Å². The topological polar surface area (TPSA) is 131 Å². The molecule has 0 bridgehead atoms. The average molecular weight is 445 g/mol. The summed E-state index contributed by atoms with van der Waals surface area (Å²) in [6.07, 6.45) is 3.07. The van der Waals surface area contributed by atoms with Gasteiger partial charge in [0, 0.05) is 12.6 Å². The summed E-state index contributed by atoms with van der Waals surface area (Å²) in [6, 6.07) is 3.58. The first kappa shape index (κ1) is 23.2. The van der Waals surface area contributed by atoms with Gasteiger partial charge in [-0.05, 0) is 38.0 Å². The summed E-state index contributed by atoms with van der Waals surface area (Å²) in [7, 11) is 1.42. The van der Waals surface area contributed by atoms with Gasteiger partial charge in [-0.3, -0.25) is 24.1 Å². The van der Waals surface area contributed by atoms with E-state index in [0.717, 1.165) is 17.7 Å². The molecule has 1 aliphatic carbocycles. The van der Waals surface area contributed by atoms with Crippen LogP contribution in [0.4, 0.5) is 11.4 Å². The van der Waals surface area contributed by atoms with Crippen LogP contribution in [0, 0.1) is 11.8 Å². The third-order valence-corrected chi connectivity index (χ3v) is 5.74. The quantitative estimate of drug-likeness (QED) is 0.482. The summed E-state index contributed by atoms with van der Waals surface area (Å²) in [5.74, 6) is -2.81. The number of ether oxygens (including phenoxy) is 2. The summed E-state index contributed by atoms with van der Waals surface area (Å²) < 4.78 is 10.3. The van der Waals surface area contributed by atoms with E-state index >= 15 is 0 Å². The Morgan fingerprint density at radius 3 is 2.28 bits per heavy atom. The Hall–Kier alpha value is -3.43. The monoisotopic (exact) mass is 445 g/mol. The summed E-state index contributed by atoms with van der Waals surface area (Å²) in [5, 5.41) is 5.15. The van der Waals surface area contributed by atoms with Gasteiger partial charge in [-0.25, -0.2) is 4.79 Å². The summed E-state index contributed by atoms with van der Waals surface area (Å²) in [4.78, 5) is 62.3. The maximum Gasteiger partial charge on any atom is 0.329 e. The minimum Gasteiger partial charge on any atom is -0.495 e. The van der Waals surface area contributed by atoms with E-state index in [1.54, 1.807) is 12.1 Å². The largest absolute Gasteiger partial charge is 0.495 e. The Labute approximate surface area is 185 Å². The number of anilines is 2. The van der Waals surface area contributed by atoms with Crippen LogP contribution in [0.3, 0.4) is 0 Å². The molecule has 0 aromatic heterocycles. The first-order chi connectivity index (χ1) is 15.2. The van der Waals surface area contributed by atoms with Crippen molar-refractivity contribution in [2.45, 2.75) is 45.6 Å². The van der Waals surface area contributed by atoms with E-state index in [2.05, 4.69) is 10.6 Å². The molecule has 0 radical (unpaired) electrons. The van der Waals surface area contributed by atoms with E-state index in [-0.39, 0.29) is 35.2 Å². The third-order valence-electron chi connectivity index (χ3n) is 5.74. The molecule has 10 heteroatoms. The number of hydrogen-bond acceptors (Lipinski definition) is 7. The normalized spacial score (nSPS) is 20.9. The molecule has 2 fully saturated rings. The second kappa shape index (κ2) is 9.80. The molecule has 1 heterocycles. The van der Waals surface area contributed by atoms with Crippen LogP contribution in [0.5, 0.6) is 5.75 Å². The number of fused-ring (bicyclic) bond motifs is 1. The van der Waals surface area contributed by atoms with Gasteiger partial charge in [0.15, 0.2) is 6.61 Å². The Morgan fingerprint density at radius 2 is 1.72 bits per heavy atom. The molecule has 32 heavy (non-hydrogen) atoms. The minimum absolute atomic E-state index is 0.277. The molecule has 3 atom stereocenters.